The largest absolute Gasteiger partial charge is 0.327 e. The van der Waals surface area contributed by atoms with Crippen LogP contribution in [0.3, 0.4) is 0 Å². The minimum atomic E-state index is -0.140. The van der Waals surface area contributed by atoms with E-state index in [1.165, 1.54) is 25.3 Å². The first-order chi connectivity index (χ1) is 8.19. The Hall–Kier alpha value is -0.890. The van der Waals surface area contributed by atoms with Gasteiger partial charge in [-0.2, -0.15) is 0 Å². The molecule has 3 unspecified atom stereocenters. The first-order valence-corrected chi connectivity index (χ1v) is 6.69. The Kier molecular flexibility index (Phi) is 4.16. The van der Waals surface area contributed by atoms with Crippen LogP contribution in [-0.4, -0.2) is 6.04 Å². The van der Waals surface area contributed by atoms with Crippen molar-refractivity contribution in [1.82, 2.24) is 0 Å². The average molecular weight is 235 g/mol. The number of rotatable bonds is 3. The molecule has 0 heterocycles. The van der Waals surface area contributed by atoms with Crippen molar-refractivity contribution in [3.8, 4) is 0 Å². The second kappa shape index (κ2) is 5.63. The molecule has 1 nitrogen and oxygen atoms in total. The molecule has 1 saturated carbocycles. The smallest absolute Gasteiger partial charge is 0.123 e. The predicted molar refractivity (Wildman–Crippen MR) is 69.2 cm³/mol. The Labute approximate surface area is 103 Å². The van der Waals surface area contributed by atoms with Crippen molar-refractivity contribution in [2.24, 2.45) is 17.6 Å². The van der Waals surface area contributed by atoms with Gasteiger partial charge in [0.05, 0.1) is 0 Å². The lowest BCUT2D eigenvalue weighted by Crippen LogP contribution is -2.37. The monoisotopic (exact) mass is 235 g/mol. The average Bonchev–Trinajstić information content (AvgIpc) is 2.32. The fourth-order valence-electron chi connectivity index (χ4n) is 2.96. The van der Waals surface area contributed by atoms with Crippen LogP contribution in [0.5, 0.6) is 0 Å². The fraction of sp³-hybridized carbons (Fsp3) is 0.600. The van der Waals surface area contributed by atoms with Gasteiger partial charge in [-0.15, -0.1) is 0 Å². The van der Waals surface area contributed by atoms with Crippen LogP contribution in [0.2, 0.25) is 0 Å². The SMILES string of the molecule is CCC1CCC(N)C(Cc2cccc(F)c2)C1. The van der Waals surface area contributed by atoms with Gasteiger partial charge in [-0.1, -0.05) is 25.5 Å². The van der Waals surface area contributed by atoms with Crippen LogP contribution in [0.15, 0.2) is 24.3 Å². The zero-order chi connectivity index (χ0) is 12.3. The Bertz CT molecular complexity index is 364. The molecule has 0 aliphatic heterocycles. The number of hydrogen-bond donors (Lipinski definition) is 1. The predicted octanol–water partition coefficient (Wildman–Crippen LogP) is 3.52. The molecule has 17 heavy (non-hydrogen) atoms. The molecule has 1 aromatic rings. The third-order valence-electron chi connectivity index (χ3n) is 4.11. The first-order valence-electron chi connectivity index (χ1n) is 6.69. The summed E-state index contributed by atoms with van der Waals surface area (Å²) in [6.45, 7) is 2.25. The summed E-state index contributed by atoms with van der Waals surface area (Å²) < 4.78 is 13.1. The number of nitrogens with two attached hydrogens (primary N) is 1. The lowest BCUT2D eigenvalue weighted by Gasteiger charge is -2.33. The Balaban J connectivity index is 2.01. The van der Waals surface area contributed by atoms with Crippen LogP contribution in [0.1, 0.15) is 38.2 Å². The summed E-state index contributed by atoms with van der Waals surface area (Å²) in [6.07, 6.45) is 5.76. The fourth-order valence-corrected chi connectivity index (χ4v) is 2.96. The Morgan fingerprint density at radius 2 is 2.18 bits per heavy atom. The van der Waals surface area contributed by atoms with Crippen LogP contribution in [-0.2, 0) is 6.42 Å². The molecule has 2 rings (SSSR count). The molecule has 1 aliphatic rings. The van der Waals surface area contributed by atoms with Gasteiger partial charge in [0, 0.05) is 6.04 Å². The van der Waals surface area contributed by atoms with E-state index in [2.05, 4.69) is 6.92 Å². The van der Waals surface area contributed by atoms with Gasteiger partial charge in [0.1, 0.15) is 5.82 Å². The lowest BCUT2D eigenvalue weighted by atomic mass is 9.75. The summed E-state index contributed by atoms with van der Waals surface area (Å²) in [5.74, 6) is 1.20. The van der Waals surface area contributed by atoms with Gasteiger partial charge in [0.2, 0.25) is 0 Å². The van der Waals surface area contributed by atoms with E-state index in [1.54, 1.807) is 12.1 Å². The van der Waals surface area contributed by atoms with E-state index in [0.29, 0.717) is 12.0 Å². The molecule has 3 atom stereocenters. The molecule has 1 fully saturated rings. The molecular formula is C15H22FN. The highest BCUT2D eigenvalue weighted by molar-refractivity contribution is 5.17. The van der Waals surface area contributed by atoms with Crippen LogP contribution in [0.25, 0.3) is 0 Å². The van der Waals surface area contributed by atoms with Gasteiger partial charge in [-0.25, -0.2) is 4.39 Å². The van der Waals surface area contributed by atoms with E-state index in [4.69, 9.17) is 5.73 Å². The van der Waals surface area contributed by atoms with Crippen LogP contribution in [0, 0.1) is 17.7 Å². The van der Waals surface area contributed by atoms with Crippen molar-refractivity contribution in [3.63, 3.8) is 0 Å². The zero-order valence-electron chi connectivity index (χ0n) is 10.5. The summed E-state index contributed by atoms with van der Waals surface area (Å²) in [5.41, 5.74) is 7.27. The molecule has 94 valence electrons. The Morgan fingerprint density at radius 3 is 2.88 bits per heavy atom. The van der Waals surface area contributed by atoms with Gasteiger partial charge >= 0.3 is 0 Å². The van der Waals surface area contributed by atoms with Crippen molar-refractivity contribution in [2.45, 2.75) is 45.1 Å². The molecule has 1 aromatic carbocycles. The Morgan fingerprint density at radius 1 is 1.35 bits per heavy atom. The maximum atomic E-state index is 13.1. The summed E-state index contributed by atoms with van der Waals surface area (Å²) in [4.78, 5) is 0. The first kappa shape index (κ1) is 12.6. The molecule has 0 aromatic heterocycles. The van der Waals surface area contributed by atoms with E-state index in [9.17, 15) is 4.39 Å². The van der Waals surface area contributed by atoms with Gasteiger partial charge in [-0.3, -0.25) is 0 Å². The van der Waals surface area contributed by atoms with E-state index in [1.807, 2.05) is 6.07 Å². The normalized spacial score (nSPS) is 29.2. The van der Waals surface area contributed by atoms with Crippen molar-refractivity contribution >= 4 is 0 Å². The van der Waals surface area contributed by atoms with Gasteiger partial charge < -0.3 is 5.73 Å². The quantitative estimate of drug-likeness (QED) is 0.852. The molecule has 0 amide bonds. The molecule has 0 bridgehead atoms. The minimum absolute atomic E-state index is 0.140. The second-order valence-corrected chi connectivity index (χ2v) is 5.35. The van der Waals surface area contributed by atoms with Gasteiger partial charge in [0.25, 0.3) is 0 Å². The second-order valence-electron chi connectivity index (χ2n) is 5.35. The standard InChI is InChI=1S/C15H22FN/c1-2-11-6-7-15(17)13(8-11)9-12-4-3-5-14(16)10-12/h3-5,10-11,13,15H,2,6-9,17H2,1H3. The summed E-state index contributed by atoms with van der Waals surface area (Å²) in [5, 5.41) is 0. The molecule has 2 N–H and O–H groups in total. The van der Waals surface area contributed by atoms with Crippen molar-refractivity contribution in [3.05, 3.63) is 35.6 Å². The van der Waals surface area contributed by atoms with Crippen LogP contribution < -0.4 is 5.73 Å². The highest BCUT2D eigenvalue weighted by Gasteiger charge is 2.27. The van der Waals surface area contributed by atoms with Crippen LogP contribution in [0.4, 0.5) is 4.39 Å². The maximum absolute atomic E-state index is 13.1. The lowest BCUT2D eigenvalue weighted by molar-refractivity contribution is 0.227. The van der Waals surface area contributed by atoms with E-state index >= 15 is 0 Å². The minimum Gasteiger partial charge on any atom is -0.327 e. The number of hydrogen-bond acceptors (Lipinski definition) is 1. The molecular weight excluding hydrogens is 213 g/mol. The van der Waals surface area contributed by atoms with Gasteiger partial charge in [0.15, 0.2) is 0 Å². The van der Waals surface area contributed by atoms with Crippen molar-refractivity contribution < 1.29 is 4.39 Å². The summed E-state index contributed by atoms with van der Waals surface area (Å²) in [7, 11) is 0. The van der Waals surface area contributed by atoms with Crippen LogP contribution >= 0.6 is 0 Å². The topological polar surface area (TPSA) is 26.0 Å². The molecule has 1 aliphatic carbocycles. The summed E-state index contributed by atoms with van der Waals surface area (Å²) in [6, 6.07) is 7.23. The zero-order valence-corrected chi connectivity index (χ0v) is 10.5. The number of benzene rings is 1. The molecule has 2 heteroatoms. The molecule has 0 radical (unpaired) electrons. The molecule has 0 spiro atoms. The van der Waals surface area contributed by atoms with Crippen molar-refractivity contribution in [1.29, 1.82) is 0 Å². The highest BCUT2D eigenvalue weighted by Crippen LogP contribution is 2.32. The van der Waals surface area contributed by atoms with Gasteiger partial charge in [-0.05, 0) is 55.2 Å². The van der Waals surface area contributed by atoms with E-state index < -0.39 is 0 Å². The number of halogens is 1. The van der Waals surface area contributed by atoms with E-state index in [0.717, 1.165) is 24.3 Å². The summed E-state index contributed by atoms with van der Waals surface area (Å²) >= 11 is 0. The third kappa shape index (κ3) is 3.29. The maximum Gasteiger partial charge on any atom is 0.123 e. The molecule has 0 saturated heterocycles. The van der Waals surface area contributed by atoms with Crippen molar-refractivity contribution in [2.75, 3.05) is 0 Å². The third-order valence-corrected chi connectivity index (χ3v) is 4.11. The van der Waals surface area contributed by atoms with E-state index in [-0.39, 0.29) is 5.82 Å². The highest BCUT2D eigenvalue weighted by atomic mass is 19.1.